The summed E-state index contributed by atoms with van der Waals surface area (Å²) in [6.45, 7) is 1.59. The predicted octanol–water partition coefficient (Wildman–Crippen LogP) is 2.68. The average Bonchev–Trinajstić information content (AvgIpc) is 3.33. The van der Waals surface area contributed by atoms with E-state index in [-0.39, 0.29) is 11.6 Å². The summed E-state index contributed by atoms with van der Waals surface area (Å²) in [7, 11) is 0. The van der Waals surface area contributed by atoms with Crippen LogP contribution in [0.25, 0.3) is 0 Å². The molecule has 3 heterocycles. The van der Waals surface area contributed by atoms with Gasteiger partial charge in [-0.3, -0.25) is 4.79 Å². The van der Waals surface area contributed by atoms with Crippen LogP contribution in [0.3, 0.4) is 0 Å². The van der Waals surface area contributed by atoms with Crippen LogP contribution in [-0.2, 0) is 17.6 Å². The van der Waals surface area contributed by atoms with E-state index in [1.807, 2.05) is 4.90 Å². The lowest BCUT2D eigenvalue weighted by molar-refractivity contribution is -0.132. The molecular formula is C19H26N6O. The van der Waals surface area contributed by atoms with Gasteiger partial charge >= 0.3 is 0 Å². The van der Waals surface area contributed by atoms with E-state index in [0.717, 1.165) is 45.2 Å². The highest BCUT2D eigenvalue weighted by Crippen LogP contribution is 2.38. The number of carbonyl (C=O) groups excluding carboxylic acids is 1. The molecule has 0 spiro atoms. The van der Waals surface area contributed by atoms with Crippen molar-refractivity contribution in [3.8, 4) is 12.3 Å². The topological polar surface area (TPSA) is 75.7 Å². The second kappa shape index (κ2) is 7.18. The first-order chi connectivity index (χ1) is 12.7. The first-order valence-electron chi connectivity index (χ1n) is 9.79. The van der Waals surface area contributed by atoms with Crippen LogP contribution in [0.2, 0.25) is 0 Å². The third-order valence-electron chi connectivity index (χ3n) is 5.90. The van der Waals surface area contributed by atoms with Crippen molar-refractivity contribution in [2.75, 3.05) is 13.1 Å². The van der Waals surface area contributed by atoms with E-state index in [1.54, 1.807) is 0 Å². The second-order valence-electron chi connectivity index (χ2n) is 7.63. The second-order valence-corrected chi connectivity index (χ2v) is 7.63. The molecule has 1 aromatic heterocycles. The molecule has 0 saturated carbocycles. The molecule has 0 atom stereocenters. The van der Waals surface area contributed by atoms with Gasteiger partial charge in [-0.15, -0.1) is 17.4 Å². The van der Waals surface area contributed by atoms with Gasteiger partial charge in [-0.25, -0.2) is 4.68 Å². The zero-order chi connectivity index (χ0) is 18.0. The number of nitrogens with zero attached hydrogens (tertiary/aromatic N) is 6. The fourth-order valence-electron chi connectivity index (χ4n) is 4.17. The fraction of sp³-hybridized carbons (Fsp3) is 0.737. The van der Waals surface area contributed by atoms with Crippen LogP contribution in [0, 0.1) is 12.3 Å². The normalized spacial score (nSPS) is 21.3. The van der Waals surface area contributed by atoms with Gasteiger partial charge in [0.2, 0.25) is 5.91 Å². The van der Waals surface area contributed by atoms with Crippen LogP contribution in [0.1, 0.15) is 68.8 Å². The highest BCUT2D eigenvalue weighted by Gasteiger charge is 2.40. The Labute approximate surface area is 154 Å². The van der Waals surface area contributed by atoms with Crippen molar-refractivity contribution < 1.29 is 4.79 Å². The number of carbonyl (C=O) groups is 1. The molecular weight excluding hydrogens is 328 g/mol. The molecule has 138 valence electrons. The molecule has 0 radical (unpaired) electrons. The molecule has 7 heteroatoms. The number of aryl methyl sites for hydroxylation is 1. The lowest BCUT2D eigenvalue weighted by Crippen LogP contribution is -2.39. The molecule has 0 aromatic carbocycles. The predicted molar refractivity (Wildman–Crippen MR) is 96.4 cm³/mol. The Hall–Kier alpha value is -2.23. The highest BCUT2D eigenvalue weighted by molar-refractivity contribution is 5.76. The number of piperidine rings is 1. The van der Waals surface area contributed by atoms with Gasteiger partial charge < -0.3 is 4.90 Å². The minimum Gasteiger partial charge on any atom is -0.343 e. The van der Waals surface area contributed by atoms with Crippen LogP contribution in [0.4, 0.5) is 0 Å². The van der Waals surface area contributed by atoms with Crippen molar-refractivity contribution in [2.45, 2.75) is 75.9 Å². The van der Waals surface area contributed by atoms with Crippen LogP contribution in [-0.4, -0.2) is 44.6 Å². The summed E-state index contributed by atoms with van der Waals surface area (Å²) in [6.07, 6.45) is 14.4. The van der Waals surface area contributed by atoms with Crippen LogP contribution in [0.15, 0.2) is 10.2 Å². The van der Waals surface area contributed by atoms with Gasteiger partial charge in [-0.05, 0) is 38.5 Å². The Morgan fingerprint density at radius 3 is 2.69 bits per heavy atom. The SMILES string of the molecule is C#CCCC1(CCC(=O)N2CCC(n3nnc4c3CCCC4)CC2)N=N1. The summed E-state index contributed by atoms with van der Waals surface area (Å²) in [5.74, 6) is 2.84. The van der Waals surface area contributed by atoms with E-state index in [9.17, 15) is 4.79 Å². The van der Waals surface area contributed by atoms with E-state index in [0.29, 0.717) is 25.3 Å². The Morgan fingerprint density at radius 1 is 1.19 bits per heavy atom. The van der Waals surface area contributed by atoms with E-state index in [4.69, 9.17) is 6.42 Å². The first-order valence-corrected chi connectivity index (χ1v) is 9.79. The summed E-state index contributed by atoms with van der Waals surface area (Å²) in [5.41, 5.74) is 2.15. The van der Waals surface area contributed by atoms with Gasteiger partial charge in [0, 0.05) is 38.8 Å². The first kappa shape index (κ1) is 17.2. The number of hydrogen-bond acceptors (Lipinski definition) is 5. The minimum absolute atomic E-state index is 0.210. The van der Waals surface area contributed by atoms with Crippen molar-refractivity contribution in [3.05, 3.63) is 11.4 Å². The maximum Gasteiger partial charge on any atom is 0.222 e. The number of fused-ring (bicyclic) bond motifs is 1. The molecule has 1 saturated heterocycles. The van der Waals surface area contributed by atoms with Gasteiger partial charge in [-0.2, -0.15) is 10.2 Å². The van der Waals surface area contributed by atoms with Gasteiger partial charge in [0.25, 0.3) is 0 Å². The van der Waals surface area contributed by atoms with E-state index >= 15 is 0 Å². The molecule has 0 bridgehead atoms. The van der Waals surface area contributed by atoms with Crippen molar-refractivity contribution in [3.63, 3.8) is 0 Å². The number of aromatic nitrogens is 3. The molecule has 0 N–H and O–H groups in total. The molecule has 0 unspecified atom stereocenters. The Kier molecular flexibility index (Phi) is 4.75. The summed E-state index contributed by atoms with van der Waals surface area (Å²) in [4.78, 5) is 14.5. The molecule has 26 heavy (non-hydrogen) atoms. The maximum absolute atomic E-state index is 12.5. The summed E-state index contributed by atoms with van der Waals surface area (Å²) in [5, 5.41) is 17.0. The minimum atomic E-state index is -0.361. The number of amides is 1. The molecule has 1 aliphatic carbocycles. The van der Waals surface area contributed by atoms with Crippen molar-refractivity contribution in [1.82, 2.24) is 19.9 Å². The Bertz CT molecular complexity index is 732. The van der Waals surface area contributed by atoms with Crippen LogP contribution < -0.4 is 0 Å². The van der Waals surface area contributed by atoms with Gasteiger partial charge in [0.1, 0.15) is 0 Å². The number of likely N-dealkylation sites (tertiary alicyclic amines) is 1. The Balaban J connectivity index is 1.26. The molecule has 1 amide bonds. The van der Waals surface area contributed by atoms with Crippen molar-refractivity contribution >= 4 is 5.91 Å². The number of terminal acetylenes is 1. The summed E-state index contributed by atoms with van der Waals surface area (Å²) >= 11 is 0. The van der Waals surface area contributed by atoms with Gasteiger partial charge in [-0.1, -0.05) is 5.21 Å². The molecule has 3 aliphatic rings. The largest absolute Gasteiger partial charge is 0.343 e. The average molecular weight is 354 g/mol. The molecule has 2 aliphatic heterocycles. The lowest BCUT2D eigenvalue weighted by atomic mass is 9.98. The molecule has 1 aromatic rings. The van der Waals surface area contributed by atoms with Gasteiger partial charge in [0.15, 0.2) is 5.66 Å². The third-order valence-corrected chi connectivity index (χ3v) is 5.90. The number of hydrogen-bond donors (Lipinski definition) is 0. The molecule has 7 nitrogen and oxygen atoms in total. The summed E-state index contributed by atoms with van der Waals surface area (Å²) < 4.78 is 2.15. The van der Waals surface area contributed by atoms with Crippen molar-refractivity contribution in [2.24, 2.45) is 10.2 Å². The smallest absolute Gasteiger partial charge is 0.222 e. The zero-order valence-corrected chi connectivity index (χ0v) is 15.2. The highest BCUT2D eigenvalue weighted by atomic mass is 16.2. The maximum atomic E-state index is 12.5. The quantitative estimate of drug-likeness (QED) is 0.737. The van der Waals surface area contributed by atoms with E-state index < -0.39 is 0 Å². The zero-order valence-electron chi connectivity index (χ0n) is 15.2. The van der Waals surface area contributed by atoms with Crippen molar-refractivity contribution in [1.29, 1.82) is 0 Å². The van der Waals surface area contributed by atoms with E-state index in [2.05, 4.69) is 31.1 Å². The monoisotopic (exact) mass is 354 g/mol. The van der Waals surface area contributed by atoms with Crippen LogP contribution >= 0.6 is 0 Å². The lowest BCUT2D eigenvalue weighted by Gasteiger charge is -2.33. The summed E-state index contributed by atoms with van der Waals surface area (Å²) in [6, 6.07) is 0.379. The molecule has 4 rings (SSSR count). The van der Waals surface area contributed by atoms with Crippen LogP contribution in [0.5, 0.6) is 0 Å². The number of rotatable bonds is 6. The Morgan fingerprint density at radius 2 is 1.96 bits per heavy atom. The molecule has 1 fully saturated rings. The third kappa shape index (κ3) is 3.50. The van der Waals surface area contributed by atoms with Gasteiger partial charge in [0.05, 0.1) is 17.4 Å². The standard InChI is InChI=1S/C19H26N6O/c1-2-3-11-19(21-22-19)12-8-18(26)24-13-9-15(10-14-24)25-17-7-5-4-6-16(17)20-23-25/h1,15H,3-14H2. The van der Waals surface area contributed by atoms with E-state index in [1.165, 1.54) is 24.2 Å². The fourth-order valence-corrected chi connectivity index (χ4v) is 4.17.